The van der Waals surface area contributed by atoms with Crippen LogP contribution in [0.5, 0.6) is 0 Å². The van der Waals surface area contributed by atoms with Crippen LogP contribution in [0.4, 0.5) is 0 Å². The molecule has 0 aromatic rings. The molecule has 0 aliphatic heterocycles. The minimum absolute atomic E-state index is 0.0152. The van der Waals surface area contributed by atoms with Crippen LogP contribution in [-0.4, -0.2) is 29.4 Å². The van der Waals surface area contributed by atoms with Gasteiger partial charge in [-0.2, -0.15) is 0 Å². The summed E-state index contributed by atoms with van der Waals surface area (Å²) < 4.78 is 0. The number of carbonyl (C=O) groups excluding carboxylic acids is 1. The van der Waals surface area contributed by atoms with Crippen LogP contribution in [0.2, 0.25) is 0 Å². The Morgan fingerprint density at radius 2 is 1.80 bits per heavy atom. The van der Waals surface area contributed by atoms with Gasteiger partial charge in [-0.05, 0) is 30.6 Å². The molecular weight excluding hydrogens is 248 g/mol. The highest BCUT2D eigenvalue weighted by Crippen LogP contribution is 2.26. The lowest BCUT2D eigenvalue weighted by Gasteiger charge is -2.32. The summed E-state index contributed by atoms with van der Waals surface area (Å²) in [5.74, 6) is 0.792. The summed E-state index contributed by atoms with van der Waals surface area (Å²) in [5, 5.41) is 0. The third kappa shape index (κ3) is 6.25. The fourth-order valence-corrected chi connectivity index (χ4v) is 3.26. The topological polar surface area (TPSA) is 46.3 Å². The first kappa shape index (κ1) is 17.5. The summed E-state index contributed by atoms with van der Waals surface area (Å²) in [7, 11) is 0. The van der Waals surface area contributed by atoms with Crippen molar-refractivity contribution in [2.24, 2.45) is 17.1 Å². The van der Waals surface area contributed by atoms with E-state index in [-0.39, 0.29) is 17.4 Å². The quantitative estimate of drug-likeness (QED) is 0.809. The molecule has 1 atom stereocenters. The van der Waals surface area contributed by atoms with Crippen molar-refractivity contribution in [2.45, 2.75) is 85.2 Å². The van der Waals surface area contributed by atoms with Crippen LogP contribution in [0.3, 0.4) is 0 Å². The van der Waals surface area contributed by atoms with Crippen LogP contribution in [0.25, 0.3) is 0 Å². The molecule has 0 heterocycles. The molecule has 0 spiro atoms. The summed E-state index contributed by atoms with van der Waals surface area (Å²) in [6, 6.07) is 0.449. The van der Waals surface area contributed by atoms with Crippen molar-refractivity contribution in [3.05, 3.63) is 0 Å². The number of rotatable bonds is 6. The molecule has 3 nitrogen and oxygen atoms in total. The highest BCUT2D eigenvalue weighted by Gasteiger charge is 2.28. The monoisotopic (exact) mass is 282 g/mol. The van der Waals surface area contributed by atoms with E-state index in [2.05, 4.69) is 39.5 Å². The molecule has 118 valence electrons. The van der Waals surface area contributed by atoms with E-state index in [1.165, 1.54) is 25.7 Å². The number of nitrogens with zero attached hydrogens (tertiary/aromatic N) is 1. The van der Waals surface area contributed by atoms with E-state index in [9.17, 15) is 4.79 Å². The molecule has 0 saturated heterocycles. The minimum Gasteiger partial charge on any atom is -0.339 e. The fourth-order valence-electron chi connectivity index (χ4n) is 3.26. The van der Waals surface area contributed by atoms with Gasteiger partial charge in [0.25, 0.3) is 0 Å². The first-order valence-electron chi connectivity index (χ1n) is 8.24. The Labute approximate surface area is 125 Å². The summed E-state index contributed by atoms with van der Waals surface area (Å²) in [6.45, 7) is 11.8. The highest BCUT2D eigenvalue weighted by molar-refractivity contribution is 5.77. The summed E-state index contributed by atoms with van der Waals surface area (Å²) in [6.07, 6.45) is 6.28. The number of hydrogen-bond acceptors (Lipinski definition) is 2. The van der Waals surface area contributed by atoms with E-state index >= 15 is 0 Å². The minimum atomic E-state index is -0.0152. The Bertz CT molecular complexity index is 301. The van der Waals surface area contributed by atoms with Crippen molar-refractivity contribution in [3.8, 4) is 0 Å². The molecule has 20 heavy (non-hydrogen) atoms. The lowest BCUT2D eigenvalue weighted by Crippen LogP contribution is -2.44. The average molecular weight is 282 g/mol. The van der Waals surface area contributed by atoms with Gasteiger partial charge in [0.15, 0.2) is 0 Å². The SMILES string of the molecule is CC(C)CN(C(=O)CC(N)CC(C)(C)C)C1CCCC1. The zero-order valence-electron chi connectivity index (χ0n) is 14.1. The summed E-state index contributed by atoms with van der Waals surface area (Å²) in [4.78, 5) is 14.7. The highest BCUT2D eigenvalue weighted by atomic mass is 16.2. The molecule has 0 radical (unpaired) electrons. The van der Waals surface area contributed by atoms with E-state index in [1.54, 1.807) is 0 Å². The van der Waals surface area contributed by atoms with Gasteiger partial charge in [-0.25, -0.2) is 0 Å². The van der Waals surface area contributed by atoms with Gasteiger partial charge in [-0.3, -0.25) is 4.79 Å². The molecule has 0 aromatic heterocycles. The van der Waals surface area contributed by atoms with Crippen molar-refractivity contribution in [1.82, 2.24) is 4.90 Å². The Hall–Kier alpha value is -0.570. The second-order valence-electron chi connectivity index (χ2n) is 8.11. The maximum absolute atomic E-state index is 12.6. The van der Waals surface area contributed by atoms with E-state index in [4.69, 9.17) is 5.73 Å². The van der Waals surface area contributed by atoms with Crippen molar-refractivity contribution >= 4 is 5.91 Å². The van der Waals surface area contributed by atoms with Crippen LogP contribution in [0, 0.1) is 11.3 Å². The maximum atomic E-state index is 12.6. The van der Waals surface area contributed by atoms with Gasteiger partial charge in [0, 0.05) is 25.0 Å². The van der Waals surface area contributed by atoms with Crippen LogP contribution in [0.15, 0.2) is 0 Å². The third-order valence-corrected chi connectivity index (χ3v) is 3.96. The molecule has 1 unspecified atom stereocenters. The summed E-state index contributed by atoms with van der Waals surface area (Å²) in [5.41, 5.74) is 6.37. The Kier molecular flexibility index (Phi) is 6.50. The largest absolute Gasteiger partial charge is 0.339 e. The van der Waals surface area contributed by atoms with Gasteiger partial charge in [0.05, 0.1) is 0 Å². The predicted molar refractivity (Wildman–Crippen MR) is 85.5 cm³/mol. The van der Waals surface area contributed by atoms with Crippen molar-refractivity contribution in [3.63, 3.8) is 0 Å². The standard InChI is InChI=1S/C17H34N2O/c1-13(2)12-19(15-8-6-7-9-15)16(20)10-14(18)11-17(3,4)5/h13-15H,6-12,18H2,1-5H3. The molecule has 0 aromatic carbocycles. The number of carbonyl (C=O) groups is 1. The fraction of sp³-hybridized carbons (Fsp3) is 0.941. The zero-order chi connectivity index (χ0) is 15.3. The molecular formula is C17H34N2O. The van der Waals surface area contributed by atoms with E-state index in [1.807, 2.05) is 0 Å². The second-order valence-corrected chi connectivity index (χ2v) is 8.11. The second kappa shape index (κ2) is 7.44. The van der Waals surface area contributed by atoms with Gasteiger partial charge < -0.3 is 10.6 Å². The lowest BCUT2D eigenvalue weighted by molar-refractivity contribution is -0.134. The van der Waals surface area contributed by atoms with Crippen molar-refractivity contribution < 1.29 is 4.79 Å². The van der Waals surface area contributed by atoms with Gasteiger partial charge in [-0.15, -0.1) is 0 Å². The lowest BCUT2D eigenvalue weighted by atomic mass is 9.87. The molecule has 2 N–H and O–H groups in total. The Balaban J connectivity index is 2.58. The Morgan fingerprint density at radius 1 is 1.25 bits per heavy atom. The van der Waals surface area contributed by atoms with Crippen LogP contribution in [-0.2, 0) is 4.79 Å². The number of amides is 1. The molecule has 1 aliphatic carbocycles. The molecule has 1 amide bonds. The molecule has 0 bridgehead atoms. The van der Waals surface area contributed by atoms with Crippen LogP contribution in [0.1, 0.15) is 73.1 Å². The van der Waals surface area contributed by atoms with E-state index in [0.29, 0.717) is 18.4 Å². The molecule has 1 rings (SSSR count). The third-order valence-electron chi connectivity index (χ3n) is 3.96. The maximum Gasteiger partial charge on any atom is 0.224 e. The van der Waals surface area contributed by atoms with Gasteiger partial charge in [0.2, 0.25) is 5.91 Å². The van der Waals surface area contributed by atoms with Gasteiger partial charge in [0.1, 0.15) is 0 Å². The van der Waals surface area contributed by atoms with Gasteiger partial charge >= 0.3 is 0 Å². The van der Waals surface area contributed by atoms with Crippen molar-refractivity contribution in [2.75, 3.05) is 6.54 Å². The van der Waals surface area contributed by atoms with Crippen molar-refractivity contribution in [1.29, 1.82) is 0 Å². The smallest absolute Gasteiger partial charge is 0.224 e. The normalized spacial score (nSPS) is 18.6. The first-order valence-corrected chi connectivity index (χ1v) is 8.24. The Morgan fingerprint density at radius 3 is 2.25 bits per heavy atom. The summed E-state index contributed by atoms with van der Waals surface area (Å²) >= 11 is 0. The molecule has 1 saturated carbocycles. The van der Waals surface area contributed by atoms with Gasteiger partial charge in [-0.1, -0.05) is 47.5 Å². The molecule has 1 aliphatic rings. The number of hydrogen-bond donors (Lipinski definition) is 1. The number of nitrogens with two attached hydrogens (primary N) is 1. The molecule has 3 heteroatoms. The first-order chi connectivity index (χ1) is 9.19. The van der Waals surface area contributed by atoms with E-state index in [0.717, 1.165) is 13.0 Å². The zero-order valence-corrected chi connectivity index (χ0v) is 14.1. The average Bonchev–Trinajstić information content (AvgIpc) is 2.75. The van der Waals surface area contributed by atoms with Crippen LogP contribution < -0.4 is 5.73 Å². The van der Waals surface area contributed by atoms with Crippen LogP contribution >= 0.6 is 0 Å². The predicted octanol–water partition coefficient (Wildman–Crippen LogP) is 3.57. The molecule has 1 fully saturated rings. The van der Waals surface area contributed by atoms with E-state index < -0.39 is 0 Å².